The van der Waals surface area contributed by atoms with Crippen LogP contribution in [0.2, 0.25) is 0 Å². The summed E-state index contributed by atoms with van der Waals surface area (Å²) in [4.78, 5) is 19.8. The SMILES string of the molecule is CCCOc1ccc(CN(CCC)C(=O)CCc2c(C)nc3cc(C)nn3c2C)cc1OC. The van der Waals surface area contributed by atoms with E-state index < -0.39 is 0 Å². The molecule has 178 valence electrons. The zero-order chi connectivity index (χ0) is 24.0. The molecular weight excluding hydrogens is 416 g/mol. The molecule has 0 atom stereocenters. The number of amides is 1. The molecular formula is C26H36N4O3. The summed E-state index contributed by atoms with van der Waals surface area (Å²) in [5.41, 5.74) is 5.92. The van der Waals surface area contributed by atoms with E-state index in [-0.39, 0.29) is 5.91 Å². The highest BCUT2D eigenvalue weighted by Gasteiger charge is 2.17. The van der Waals surface area contributed by atoms with Crippen molar-refractivity contribution in [2.24, 2.45) is 0 Å². The minimum absolute atomic E-state index is 0.137. The van der Waals surface area contributed by atoms with Crippen LogP contribution < -0.4 is 9.47 Å². The lowest BCUT2D eigenvalue weighted by molar-refractivity contribution is -0.131. The molecule has 0 spiro atoms. The van der Waals surface area contributed by atoms with Crippen LogP contribution in [0.15, 0.2) is 24.3 Å². The second-order valence-electron chi connectivity index (χ2n) is 8.47. The van der Waals surface area contributed by atoms with E-state index >= 15 is 0 Å². The lowest BCUT2D eigenvalue weighted by atomic mass is 10.1. The third kappa shape index (κ3) is 5.83. The maximum absolute atomic E-state index is 13.2. The summed E-state index contributed by atoms with van der Waals surface area (Å²) in [6, 6.07) is 7.88. The van der Waals surface area contributed by atoms with Crippen LogP contribution in [0, 0.1) is 20.8 Å². The lowest BCUT2D eigenvalue weighted by Crippen LogP contribution is -2.31. The Kier molecular flexibility index (Phi) is 8.31. The van der Waals surface area contributed by atoms with E-state index in [0.717, 1.165) is 52.4 Å². The largest absolute Gasteiger partial charge is 0.493 e. The molecule has 0 N–H and O–H groups in total. The van der Waals surface area contributed by atoms with Gasteiger partial charge >= 0.3 is 0 Å². The number of methoxy groups -OCH3 is 1. The van der Waals surface area contributed by atoms with Gasteiger partial charge in [0.05, 0.1) is 19.4 Å². The average molecular weight is 453 g/mol. The molecule has 0 aliphatic heterocycles. The van der Waals surface area contributed by atoms with Crippen LogP contribution in [0.4, 0.5) is 0 Å². The van der Waals surface area contributed by atoms with Gasteiger partial charge in [0.1, 0.15) is 0 Å². The fraction of sp³-hybridized carbons (Fsp3) is 0.500. The molecule has 33 heavy (non-hydrogen) atoms. The van der Waals surface area contributed by atoms with Crippen molar-refractivity contribution in [2.75, 3.05) is 20.3 Å². The van der Waals surface area contributed by atoms with Crippen molar-refractivity contribution < 1.29 is 14.3 Å². The maximum atomic E-state index is 13.2. The van der Waals surface area contributed by atoms with Gasteiger partial charge < -0.3 is 14.4 Å². The predicted octanol–water partition coefficient (Wildman–Crippen LogP) is 4.82. The van der Waals surface area contributed by atoms with Gasteiger partial charge in [-0.15, -0.1) is 0 Å². The van der Waals surface area contributed by atoms with E-state index in [4.69, 9.17) is 9.47 Å². The third-order valence-electron chi connectivity index (χ3n) is 5.78. The normalized spacial score (nSPS) is 11.1. The van der Waals surface area contributed by atoms with Crippen molar-refractivity contribution in [3.05, 3.63) is 52.5 Å². The van der Waals surface area contributed by atoms with Gasteiger partial charge in [-0.2, -0.15) is 5.10 Å². The van der Waals surface area contributed by atoms with Crippen molar-refractivity contribution >= 4 is 11.6 Å². The van der Waals surface area contributed by atoms with E-state index in [1.54, 1.807) is 7.11 Å². The molecule has 2 aromatic heterocycles. The number of ether oxygens (including phenoxy) is 2. The van der Waals surface area contributed by atoms with Gasteiger partial charge in [0, 0.05) is 37.0 Å². The van der Waals surface area contributed by atoms with Gasteiger partial charge in [-0.05, 0) is 63.3 Å². The van der Waals surface area contributed by atoms with Crippen molar-refractivity contribution in [2.45, 2.75) is 66.8 Å². The minimum atomic E-state index is 0.137. The van der Waals surface area contributed by atoms with Crippen molar-refractivity contribution in [1.29, 1.82) is 0 Å². The van der Waals surface area contributed by atoms with Crippen molar-refractivity contribution in [3.8, 4) is 11.5 Å². The molecule has 7 heteroatoms. The van der Waals surface area contributed by atoms with Gasteiger partial charge in [-0.25, -0.2) is 9.50 Å². The van der Waals surface area contributed by atoms with Crippen molar-refractivity contribution in [3.63, 3.8) is 0 Å². The fourth-order valence-electron chi connectivity index (χ4n) is 4.12. The molecule has 0 aliphatic rings. The Morgan fingerprint density at radius 3 is 2.58 bits per heavy atom. The Morgan fingerprint density at radius 1 is 1.09 bits per heavy atom. The quantitative estimate of drug-likeness (QED) is 0.417. The number of hydrogen-bond donors (Lipinski definition) is 0. The molecule has 7 nitrogen and oxygen atoms in total. The van der Waals surface area contributed by atoms with Gasteiger partial charge in [-0.1, -0.05) is 19.9 Å². The summed E-state index contributed by atoms with van der Waals surface area (Å²) < 4.78 is 13.1. The number of aromatic nitrogens is 3. The maximum Gasteiger partial charge on any atom is 0.223 e. The van der Waals surface area contributed by atoms with E-state index in [1.165, 1.54) is 0 Å². The van der Waals surface area contributed by atoms with E-state index in [2.05, 4.69) is 23.9 Å². The molecule has 0 saturated carbocycles. The van der Waals surface area contributed by atoms with Gasteiger partial charge in [0.25, 0.3) is 0 Å². The summed E-state index contributed by atoms with van der Waals surface area (Å²) in [7, 11) is 1.64. The second-order valence-corrected chi connectivity index (χ2v) is 8.47. The number of rotatable bonds is 11. The first-order chi connectivity index (χ1) is 15.9. The topological polar surface area (TPSA) is 69.0 Å². The fourth-order valence-corrected chi connectivity index (χ4v) is 4.12. The number of carbonyl (C=O) groups excluding carboxylic acids is 1. The molecule has 1 amide bonds. The van der Waals surface area contributed by atoms with Crippen LogP contribution in [-0.4, -0.2) is 45.7 Å². The van der Waals surface area contributed by atoms with Gasteiger partial charge in [0.2, 0.25) is 5.91 Å². The summed E-state index contributed by atoms with van der Waals surface area (Å²) in [6.07, 6.45) is 2.92. The first kappa shape index (κ1) is 24.6. The van der Waals surface area contributed by atoms with Crippen LogP contribution in [0.5, 0.6) is 11.5 Å². The smallest absolute Gasteiger partial charge is 0.223 e. The third-order valence-corrected chi connectivity index (χ3v) is 5.78. The Balaban J connectivity index is 1.72. The van der Waals surface area contributed by atoms with E-state index in [9.17, 15) is 4.79 Å². The van der Waals surface area contributed by atoms with Crippen LogP contribution in [0.3, 0.4) is 0 Å². The van der Waals surface area contributed by atoms with Crippen LogP contribution in [-0.2, 0) is 17.8 Å². The number of fused-ring (bicyclic) bond motifs is 1. The molecule has 0 bridgehead atoms. The highest BCUT2D eigenvalue weighted by atomic mass is 16.5. The molecule has 0 radical (unpaired) electrons. The van der Waals surface area contributed by atoms with Crippen LogP contribution >= 0.6 is 0 Å². The Morgan fingerprint density at radius 2 is 1.88 bits per heavy atom. The minimum Gasteiger partial charge on any atom is -0.493 e. The van der Waals surface area contributed by atoms with Crippen LogP contribution in [0.1, 0.15) is 61.3 Å². The zero-order valence-electron chi connectivity index (χ0n) is 20.8. The number of carbonyl (C=O) groups is 1. The molecule has 2 heterocycles. The van der Waals surface area contributed by atoms with E-state index in [0.29, 0.717) is 38.3 Å². The highest BCUT2D eigenvalue weighted by Crippen LogP contribution is 2.29. The molecule has 3 rings (SSSR count). The molecule has 0 fully saturated rings. The zero-order valence-corrected chi connectivity index (χ0v) is 20.8. The molecule has 0 unspecified atom stereocenters. The number of hydrogen-bond acceptors (Lipinski definition) is 5. The highest BCUT2D eigenvalue weighted by molar-refractivity contribution is 5.76. The summed E-state index contributed by atoms with van der Waals surface area (Å²) in [5, 5.41) is 4.54. The van der Waals surface area contributed by atoms with E-state index in [1.807, 2.05) is 54.5 Å². The Hall–Kier alpha value is -3.09. The monoisotopic (exact) mass is 452 g/mol. The second kappa shape index (κ2) is 11.2. The molecule has 0 aliphatic carbocycles. The Labute approximate surface area is 196 Å². The number of nitrogens with zero attached hydrogens (tertiary/aromatic N) is 4. The Bertz CT molecular complexity index is 1110. The molecule has 3 aromatic rings. The van der Waals surface area contributed by atoms with Gasteiger partial charge in [-0.3, -0.25) is 4.79 Å². The predicted molar refractivity (Wildman–Crippen MR) is 130 cm³/mol. The summed E-state index contributed by atoms with van der Waals surface area (Å²) in [6.45, 7) is 12.1. The standard InChI is InChI=1S/C26H36N4O3/c1-7-13-29(17-21-9-11-23(33-14-8-2)24(16-21)32-6)26(31)12-10-22-19(4)27-25-15-18(3)28-30(25)20(22)5/h9,11,15-16H,7-8,10,12-14,17H2,1-6H3. The number of benzene rings is 1. The molecule has 0 saturated heterocycles. The lowest BCUT2D eigenvalue weighted by Gasteiger charge is -2.23. The number of aryl methyl sites for hydroxylation is 3. The first-order valence-electron chi connectivity index (χ1n) is 11.8. The molecule has 1 aromatic carbocycles. The summed E-state index contributed by atoms with van der Waals surface area (Å²) >= 11 is 0. The van der Waals surface area contributed by atoms with Crippen molar-refractivity contribution in [1.82, 2.24) is 19.5 Å². The van der Waals surface area contributed by atoms with Gasteiger partial charge in [0.15, 0.2) is 17.1 Å². The van der Waals surface area contributed by atoms with Crippen LogP contribution in [0.25, 0.3) is 5.65 Å². The first-order valence-corrected chi connectivity index (χ1v) is 11.8. The summed E-state index contributed by atoms with van der Waals surface area (Å²) in [5.74, 6) is 1.57. The average Bonchev–Trinajstić information content (AvgIpc) is 3.17.